The largest absolute Gasteiger partial charge is 0.237 e. The van der Waals surface area contributed by atoms with Gasteiger partial charge in [-0.2, -0.15) is 0 Å². The lowest BCUT2D eigenvalue weighted by Gasteiger charge is -1.90. The van der Waals surface area contributed by atoms with E-state index in [4.69, 9.17) is 0 Å². The second kappa shape index (κ2) is 3.78. The van der Waals surface area contributed by atoms with Gasteiger partial charge in [-0.05, 0) is 19.1 Å². The zero-order valence-corrected chi connectivity index (χ0v) is 6.39. The molecule has 0 radical (unpaired) electrons. The summed E-state index contributed by atoms with van der Waals surface area (Å²) in [6.45, 7) is 1.43. The summed E-state index contributed by atoms with van der Waals surface area (Å²) in [6, 6.07) is 7.69. The minimum Gasteiger partial charge on any atom is -0.237 e. The molecule has 0 atom stereocenters. The number of benzene rings is 1. The highest BCUT2D eigenvalue weighted by Crippen LogP contribution is 2.00. The number of halogens is 1. The lowest BCUT2D eigenvalue weighted by Crippen LogP contribution is -1.75. The van der Waals surface area contributed by atoms with Crippen LogP contribution in [-0.2, 0) is 0 Å². The second-order valence-corrected chi connectivity index (χ2v) is 2.30. The molecule has 1 heteroatoms. The predicted molar refractivity (Wildman–Crippen MR) is 44.0 cm³/mol. The third kappa shape index (κ3) is 2.43. The van der Waals surface area contributed by atoms with Crippen molar-refractivity contribution in [2.45, 2.75) is 6.92 Å². The van der Waals surface area contributed by atoms with E-state index in [0.717, 1.165) is 5.56 Å². The van der Waals surface area contributed by atoms with Gasteiger partial charge in [0.15, 0.2) is 6.67 Å². The normalized spacial score (nSPS) is 8.55. The van der Waals surface area contributed by atoms with Crippen LogP contribution in [0.25, 0.3) is 0 Å². The Morgan fingerprint density at radius 2 is 1.91 bits per heavy atom. The van der Waals surface area contributed by atoms with Crippen LogP contribution in [0.3, 0.4) is 0 Å². The molecule has 56 valence electrons. The van der Waals surface area contributed by atoms with Crippen LogP contribution in [0.1, 0.15) is 11.1 Å². The molecule has 11 heavy (non-hydrogen) atoms. The van der Waals surface area contributed by atoms with E-state index in [0.29, 0.717) is 0 Å². The Kier molecular flexibility index (Phi) is 2.68. The zero-order valence-electron chi connectivity index (χ0n) is 6.39. The van der Waals surface area contributed by atoms with E-state index in [1.54, 1.807) is 0 Å². The van der Waals surface area contributed by atoms with Crippen molar-refractivity contribution >= 4 is 0 Å². The van der Waals surface area contributed by atoms with Crippen LogP contribution in [0, 0.1) is 18.8 Å². The van der Waals surface area contributed by atoms with E-state index < -0.39 is 6.67 Å². The molecule has 1 rings (SSSR count). The summed E-state index contributed by atoms with van der Waals surface area (Å²) in [5, 5.41) is 0. The molecule has 0 aliphatic rings. The summed E-state index contributed by atoms with van der Waals surface area (Å²) in [6.07, 6.45) is 0. The Balaban J connectivity index is 2.82. The monoisotopic (exact) mass is 148 g/mol. The number of rotatable bonds is 0. The second-order valence-electron chi connectivity index (χ2n) is 2.30. The summed E-state index contributed by atoms with van der Waals surface area (Å²) < 4.78 is 11.6. The highest BCUT2D eigenvalue weighted by molar-refractivity contribution is 5.35. The minimum absolute atomic E-state index is 0.576. The maximum Gasteiger partial charge on any atom is 0.150 e. The van der Waals surface area contributed by atoms with Gasteiger partial charge in [0, 0.05) is 5.56 Å². The van der Waals surface area contributed by atoms with Gasteiger partial charge in [0.25, 0.3) is 0 Å². The summed E-state index contributed by atoms with van der Waals surface area (Å²) in [5.41, 5.74) is 2.06. The van der Waals surface area contributed by atoms with Crippen LogP contribution in [0.15, 0.2) is 24.3 Å². The van der Waals surface area contributed by atoms with Crippen LogP contribution in [0.2, 0.25) is 0 Å². The van der Waals surface area contributed by atoms with E-state index >= 15 is 0 Å². The van der Waals surface area contributed by atoms with Crippen molar-refractivity contribution in [3.63, 3.8) is 0 Å². The van der Waals surface area contributed by atoms with E-state index in [2.05, 4.69) is 11.8 Å². The van der Waals surface area contributed by atoms with Gasteiger partial charge in [-0.25, -0.2) is 4.39 Å². The molecule has 0 amide bonds. The highest BCUT2D eigenvalue weighted by Gasteiger charge is 1.84. The number of hydrogen-bond donors (Lipinski definition) is 0. The third-order valence-corrected chi connectivity index (χ3v) is 1.35. The molecule has 0 aliphatic carbocycles. The van der Waals surface area contributed by atoms with Crippen molar-refractivity contribution in [1.82, 2.24) is 0 Å². The molecule has 0 nitrogen and oxygen atoms in total. The summed E-state index contributed by atoms with van der Waals surface area (Å²) in [7, 11) is 0. The van der Waals surface area contributed by atoms with Crippen molar-refractivity contribution in [2.75, 3.05) is 6.67 Å². The molecule has 1 aromatic carbocycles. The number of aryl methyl sites for hydroxylation is 1. The number of alkyl halides is 1. The van der Waals surface area contributed by atoms with Gasteiger partial charge in [0.1, 0.15) is 0 Å². The van der Waals surface area contributed by atoms with Gasteiger partial charge in [-0.3, -0.25) is 0 Å². The topological polar surface area (TPSA) is 0 Å². The van der Waals surface area contributed by atoms with Crippen LogP contribution in [0.5, 0.6) is 0 Å². The fraction of sp³-hybridized carbons (Fsp3) is 0.200. The molecule has 0 spiro atoms. The first kappa shape index (κ1) is 7.81. The van der Waals surface area contributed by atoms with Gasteiger partial charge in [-0.1, -0.05) is 29.5 Å². The molecule has 0 bridgehead atoms. The molecular weight excluding hydrogens is 139 g/mol. The van der Waals surface area contributed by atoms with E-state index in [9.17, 15) is 4.39 Å². The first-order valence-corrected chi connectivity index (χ1v) is 3.44. The molecular formula is C10H9F. The first-order chi connectivity index (χ1) is 5.33. The maximum atomic E-state index is 11.6. The fourth-order valence-corrected chi connectivity index (χ4v) is 0.772. The molecule has 0 aromatic heterocycles. The maximum absolute atomic E-state index is 11.6. The van der Waals surface area contributed by atoms with Crippen LogP contribution < -0.4 is 0 Å². The Morgan fingerprint density at radius 1 is 1.27 bits per heavy atom. The zero-order chi connectivity index (χ0) is 8.10. The quantitative estimate of drug-likeness (QED) is 0.495. The van der Waals surface area contributed by atoms with E-state index in [1.807, 2.05) is 31.2 Å². The first-order valence-electron chi connectivity index (χ1n) is 3.44. The predicted octanol–water partition coefficient (Wildman–Crippen LogP) is 2.32. The van der Waals surface area contributed by atoms with Crippen molar-refractivity contribution in [1.29, 1.82) is 0 Å². The average molecular weight is 148 g/mol. The van der Waals surface area contributed by atoms with Gasteiger partial charge in [-0.15, -0.1) is 0 Å². The molecule has 0 saturated heterocycles. The Morgan fingerprint density at radius 3 is 2.45 bits per heavy atom. The molecule has 0 saturated carbocycles. The average Bonchev–Trinajstić information content (AvgIpc) is 2.04. The van der Waals surface area contributed by atoms with Gasteiger partial charge in [0.2, 0.25) is 0 Å². The van der Waals surface area contributed by atoms with Crippen LogP contribution in [-0.4, -0.2) is 6.67 Å². The van der Waals surface area contributed by atoms with E-state index in [-0.39, 0.29) is 0 Å². The Hall–Kier alpha value is -1.29. The molecule has 0 N–H and O–H groups in total. The summed E-state index contributed by atoms with van der Waals surface area (Å²) >= 11 is 0. The smallest absolute Gasteiger partial charge is 0.150 e. The molecule has 1 aromatic rings. The molecule has 0 aliphatic heterocycles. The van der Waals surface area contributed by atoms with Crippen LogP contribution in [0.4, 0.5) is 4.39 Å². The lowest BCUT2D eigenvalue weighted by molar-refractivity contribution is 0.573. The van der Waals surface area contributed by atoms with Crippen molar-refractivity contribution < 1.29 is 4.39 Å². The molecule has 0 fully saturated rings. The van der Waals surface area contributed by atoms with Gasteiger partial charge < -0.3 is 0 Å². The SMILES string of the molecule is Cc1ccc(C#CCF)cc1. The van der Waals surface area contributed by atoms with Gasteiger partial charge >= 0.3 is 0 Å². The summed E-state index contributed by atoms with van der Waals surface area (Å²) in [5.74, 6) is 5.06. The Labute approximate surface area is 66.1 Å². The highest BCUT2D eigenvalue weighted by atomic mass is 19.1. The fourth-order valence-electron chi connectivity index (χ4n) is 0.772. The van der Waals surface area contributed by atoms with Gasteiger partial charge in [0.05, 0.1) is 0 Å². The van der Waals surface area contributed by atoms with Crippen molar-refractivity contribution in [3.05, 3.63) is 35.4 Å². The molecule has 0 unspecified atom stereocenters. The van der Waals surface area contributed by atoms with Crippen molar-refractivity contribution in [3.8, 4) is 11.8 Å². The third-order valence-electron chi connectivity index (χ3n) is 1.35. The Bertz CT molecular complexity index is 274. The van der Waals surface area contributed by atoms with E-state index in [1.165, 1.54) is 5.56 Å². The summed E-state index contributed by atoms with van der Waals surface area (Å²) in [4.78, 5) is 0. The molecule has 0 heterocycles. The minimum atomic E-state index is -0.576. The van der Waals surface area contributed by atoms with Crippen LogP contribution >= 0.6 is 0 Å². The number of hydrogen-bond acceptors (Lipinski definition) is 0. The standard InChI is InChI=1S/C10H9F/c1-9-4-6-10(7-5-9)3-2-8-11/h4-7H,8H2,1H3. The lowest BCUT2D eigenvalue weighted by atomic mass is 10.2. The van der Waals surface area contributed by atoms with Crippen molar-refractivity contribution in [2.24, 2.45) is 0 Å².